The number of hydrogen-bond donors (Lipinski definition) is 0. The lowest BCUT2D eigenvalue weighted by Gasteiger charge is -2.02. The van der Waals surface area contributed by atoms with E-state index in [2.05, 4.69) is 4.98 Å². The number of thioether (sulfide) groups is 1. The molecular weight excluding hydrogens is 237 g/mol. The van der Waals surface area contributed by atoms with Gasteiger partial charge in [-0.3, -0.25) is 9.78 Å². The molecule has 2 rings (SSSR count). The van der Waals surface area contributed by atoms with Crippen molar-refractivity contribution < 1.29 is 9.18 Å². The van der Waals surface area contributed by atoms with Crippen molar-refractivity contribution in [2.24, 2.45) is 0 Å². The second kappa shape index (κ2) is 5.10. The fourth-order valence-electron chi connectivity index (χ4n) is 1.45. The van der Waals surface area contributed by atoms with Crippen LogP contribution in [0.15, 0.2) is 47.6 Å². The molecule has 86 valence electrons. The highest BCUT2D eigenvalue weighted by atomic mass is 32.2. The molecule has 0 saturated heterocycles. The second-order valence-electron chi connectivity index (χ2n) is 3.45. The lowest BCUT2D eigenvalue weighted by Crippen LogP contribution is -2.02. The van der Waals surface area contributed by atoms with E-state index in [0.717, 1.165) is 11.1 Å². The zero-order chi connectivity index (χ0) is 12.3. The Morgan fingerprint density at radius 3 is 2.47 bits per heavy atom. The molecule has 0 spiro atoms. The number of pyridine rings is 1. The third-order valence-electron chi connectivity index (χ3n) is 2.32. The molecule has 0 amide bonds. The Bertz CT molecular complexity index is 539. The molecule has 1 heterocycles. The van der Waals surface area contributed by atoms with Gasteiger partial charge in [0, 0.05) is 22.2 Å². The van der Waals surface area contributed by atoms with Gasteiger partial charge < -0.3 is 0 Å². The second-order valence-corrected chi connectivity index (χ2v) is 4.33. The van der Waals surface area contributed by atoms with Crippen molar-refractivity contribution >= 4 is 17.5 Å². The number of halogens is 1. The molecule has 0 aliphatic rings. The van der Waals surface area contributed by atoms with Crippen LogP contribution in [0.25, 0.3) is 0 Å². The lowest BCUT2D eigenvalue weighted by atomic mass is 10.1. The first-order chi connectivity index (χ1) is 8.20. The van der Waals surface area contributed by atoms with Crippen LogP contribution in [0.2, 0.25) is 0 Å². The summed E-state index contributed by atoms with van der Waals surface area (Å²) in [6.07, 6.45) is 4.41. The highest BCUT2D eigenvalue weighted by Crippen LogP contribution is 2.17. The van der Waals surface area contributed by atoms with E-state index in [-0.39, 0.29) is 11.3 Å². The summed E-state index contributed by atoms with van der Waals surface area (Å²) in [4.78, 5) is 16.7. The zero-order valence-electron chi connectivity index (χ0n) is 9.18. The van der Waals surface area contributed by atoms with Crippen molar-refractivity contribution in [1.82, 2.24) is 4.98 Å². The van der Waals surface area contributed by atoms with Gasteiger partial charge in [0.15, 0.2) is 5.78 Å². The summed E-state index contributed by atoms with van der Waals surface area (Å²) in [5.74, 6) is -0.721. The van der Waals surface area contributed by atoms with Crippen LogP contribution in [-0.2, 0) is 0 Å². The molecule has 0 aliphatic carbocycles. The zero-order valence-corrected chi connectivity index (χ0v) is 10.00. The summed E-state index contributed by atoms with van der Waals surface area (Å²) in [5, 5.41) is 0. The minimum absolute atomic E-state index is 0.218. The van der Waals surface area contributed by atoms with Crippen molar-refractivity contribution in [3.63, 3.8) is 0 Å². The molecule has 0 aliphatic heterocycles. The van der Waals surface area contributed by atoms with Gasteiger partial charge in [0.1, 0.15) is 5.82 Å². The molecule has 1 aromatic carbocycles. The first-order valence-electron chi connectivity index (χ1n) is 5.00. The van der Waals surface area contributed by atoms with E-state index in [1.165, 1.54) is 12.3 Å². The molecule has 0 unspecified atom stereocenters. The third kappa shape index (κ3) is 2.71. The molecule has 1 aromatic heterocycles. The quantitative estimate of drug-likeness (QED) is 0.616. The van der Waals surface area contributed by atoms with Gasteiger partial charge in [-0.2, -0.15) is 0 Å². The van der Waals surface area contributed by atoms with Gasteiger partial charge in [0.2, 0.25) is 0 Å². The third-order valence-corrected chi connectivity index (χ3v) is 3.06. The number of ketones is 1. The summed E-state index contributed by atoms with van der Waals surface area (Å²) in [6, 6.07) is 8.39. The summed E-state index contributed by atoms with van der Waals surface area (Å²) >= 11 is 1.60. The number of aromatic nitrogens is 1. The highest BCUT2D eigenvalue weighted by Gasteiger charge is 2.09. The van der Waals surface area contributed by atoms with Gasteiger partial charge in [-0.05, 0) is 36.6 Å². The van der Waals surface area contributed by atoms with E-state index < -0.39 is 5.82 Å². The molecule has 2 aromatic rings. The van der Waals surface area contributed by atoms with Gasteiger partial charge in [-0.15, -0.1) is 11.8 Å². The molecule has 4 heteroatoms. The van der Waals surface area contributed by atoms with E-state index in [9.17, 15) is 9.18 Å². The minimum Gasteiger partial charge on any atom is -0.289 e. The summed E-state index contributed by atoms with van der Waals surface area (Å²) < 4.78 is 12.9. The van der Waals surface area contributed by atoms with Crippen molar-refractivity contribution in [3.05, 3.63) is 59.7 Å². The summed E-state index contributed by atoms with van der Waals surface area (Å²) in [5.41, 5.74) is 0.803. The van der Waals surface area contributed by atoms with E-state index in [0.29, 0.717) is 5.56 Å². The van der Waals surface area contributed by atoms with Crippen LogP contribution in [0.5, 0.6) is 0 Å². The average Bonchev–Trinajstić information content (AvgIpc) is 2.38. The lowest BCUT2D eigenvalue weighted by molar-refractivity contribution is 0.103. The Morgan fingerprint density at radius 2 is 1.88 bits per heavy atom. The molecule has 0 N–H and O–H groups in total. The number of rotatable bonds is 3. The first-order valence-corrected chi connectivity index (χ1v) is 6.22. The van der Waals surface area contributed by atoms with Crippen molar-refractivity contribution in [1.29, 1.82) is 0 Å². The molecule has 0 saturated carbocycles. The van der Waals surface area contributed by atoms with E-state index >= 15 is 0 Å². The maximum Gasteiger partial charge on any atom is 0.194 e. The smallest absolute Gasteiger partial charge is 0.194 e. The fraction of sp³-hybridized carbons (Fsp3) is 0.0769. The van der Waals surface area contributed by atoms with Crippen molar-refractivity contribution in [2.75, 3.05) is 6.26 Å². The van der Waals surface area contributed by atoms with Crippen LogP contribution in [0.4, 0.5) is 4.39 Å². The molecular formula is C13H10FNOS. The van der Waals surface area contributed by atoms with Gasteiger partial charge in [0.05, 0.1) is 6.20 Å². The maximum absolute atomic E-state index is 12.9. The summed E-state index contributed by atoms with van der Waals surface area (Å²) in [7, 11) is 0. The van der Waals surface area contributed by atoms with Gasteiger partial charge in [0.25, 0.3) is 0 Å². The number of carbonyl (C=O) groups excluding carboxylic acids is 1. The van der Waals surface area contributed by atoms with Crippen LogP contribution < -0.4 is 0 Å². The predicted molar refractivity (Wildman–Crippen MR) is 65.9 cm³/mol. The monoisotopic (exact) mass is 247 g/mol. The van der Waals surface area contributed by atoms with Gasteiger partial charge >= 0.3 is 0 Å². The Labute approximate surface area is 103 Å². The Hall–Kier alpha value is -1.68. The molecule has 0 atom stereocenters. The predicted octanol–water partition coefficient (Wildman–Crippen LogP) is 3.17. The Kier molecular flexibility index (Phi) is 3.54. The molecule has 0 fully saturated rings. The van der Waals surface area contributed by atoms with E-state index in [1.54, 1.807) is 23.9 Å². The highest BCUT2D eigenvalue weighted by molar-refractivity contribution is 7.98. The number of hydrogen-bond acceptors (Lipinski definition) is 3. The van der Waals surface area contributed by atoms with Crippen LogP contribution in [-0.4, -0.2) is 17.0 Å². The van der Waals surface area contributed by atoms with Gasteiger partial charge in [-0.1, -0.05) is 0 Å². The minimum atomic E-state index is -0.503. The van der Waals surface area contributed by atoms with Crippen molar-refractivity contribution in [2.45, 2.75) is 4.90 Å². The van der Waals surface area contributed by atoms with Crippen LogP contribution in [0.1, 0.15) is 15.9 Å². The number of benzene rings is 1. The largest absolute Gasteiger partial charge is 0.289 e. The van der Waals surface area contributed by atoms with Crippen molar-refractivity contribution in [3.8, 4) is 0 Å². The van der Waals surface area contributed by atoms with E-state index in [4.69, 9.17) is 0 Å². The molecule has 0 radical (unpaired) electrons. The normalized spacial score (nSPS) is 10.2. The average molecular weight is 247 g/mol. The molecule has 2 nitrogen and oxygen atoms in total. The Morgan fingerprint density at radius 1 is 1.18 bits per heavy atom. The molecule has 0 bridgehead atoms. The fourth-order valence-corrected chi connectivity index (χ4v) is 1.85. The Balaban J connectivity index is 2.30. The number of carbonyl (C=O) groups is 1. The van der Waals surface area contributed by atoms with Crippen LogP contribution in [0, 0.1) is 5.82 Å². The topological polar surface area (TPSA) is 30.0 Å². The van der Waals surface area contributed by atoms with Crippen LogP contribution >= 0.6 is 11.8 Å². The summed E-state index contributed by atoms with van der Waals surface area (Å²) in [6.45, 7) is 0. The standard InChI is InChI=1S/C13H10FNOS/c1-17-12-4-2-9(3-5-12)13(16)10-6-11(14)8-15-7-10/h2-8H,1H3. The van der Waals surface area contributed by atoms with Gasteiger partial charge in [-0.25, -0.2) is 4.39 Å². The maximum atomic E-state index is 12.9. The van der Waals surface area contributed by atoms with E-state index in [1.807, 2.05) is 18.4 Å². The SMILES string of the molecule is CSc1ccc(C(=O)c2cncc(F)c2)cc1. The first kappa shape index (κ1) is 11.8. The molecule has 17 heavy (non-hydrogen) atoms. The number of nitrogens with zero attached hydrogens (tertiary/aromatic N) is 1. The van der Waals surface area contributed by atoms with Crippen LogP contribution in [0.3, 0.4) is 0 Å².